The van der Waals surface area contributed by atoms with E-state index in [4.69, 9.17) is 9.15 Å². The van der Waals surface area contributed by atoms with E-state index in [0.29, 0.717) is 16.8 Å². The van der Waals surface area contributed by atoms with Gasteiger partial charge in [0.1, 0.15) is 5.52 Å². The maximum Gasteiger partial charge on any atom is 0.311 e. The number of fused-ring (bicyclic) bond motifs is 1. The van der Waals surface area contributed by atoms with Gasteiger partial charge in [0.05, 0.1) is 11.5 Å². The first kappa shape index (κ1) is 18.8. The van der Waals surface area contributed by atoms with Gasteiger partial charge < -0.3 is 14.5 Å². The van der Waals surface area contributed by atoms with Crippen LogP contribution in [0.2, 0.25) is 0 Å². The van der Waals surface area contributed by atoms with Gasteiger partial charge in [0, 0.05) is 30.3 Å². The Hall–Kier alpha value is -3.95. The van der Waals surface area contributed by atoms with Crippen LogP contribution in [-0.4, -0.2) is 28.3 Å². The summed E-state index contributed by atoms with van der Waals surface area (Å²) < 4.78 is 10.7. The highest BCUT2D eigenvalue weighted by atomic mass is 16.6. The highest BCUT2D eigenvalue weighted by Gasteiger charge is 2.20. The molecule has 10 heteroatoms. The van der Waals surface area contributed by atoms with Crippen LogP contribution in [0.3, 0.4) is 0 Å². The number of benzene rings is 2. The molecule has 0 bridgehead atoms. The number of oxazole rings is 1. The van der Waals surface area contributed by atoms with Gasteiger partial charge in [-0.25, -0.2) is 0 Å². The average molecular weight is 384 g/mol. The van der Waals surface area contributed by atoms with E-state index in [-0.39, 0.29) is 35.5 Å². The number of nitrogens with one attached hydrogen (secondary N) is 2. The van der Waals surface area contributed by atoms with Crippen molar-refractivity contribution in [2.75, 3.05) is 17.2 Å². The second-order valence-corrected chi connectivity index (χ2v) is 5.71. The Bertz CT molecular complexity index is 1080. The Labute approximate surface area is 158 Å². The van der Waals surface area contributed by atoms with Gasteiger partial charge in [-0.05, 0) is 31.2 Å². The van der Waals surface area contributed by atoms with Crippen LogP contribution in [0, 0.1) is 10.1 Å². The summed E-state index contributed by atoms with van der Waals surface area (Å²) in [7, 11) is 0. The molecule has 0 aliphatic heterocycles. The third-order valence-corrected chi connectivity index (χ3v) is 3.65. The molecule has 0 unspecified atom stereocenters. The van der Waals surface area contributed by atoms with E-state index >= 15 is 0 Å². The second-order valence-electron chi connectivity index (χ2n) is 5.71. The topological polar surface area (TPSA) is 137 Å². The Kier molecular flexibility index (Phi) is 5.21. The number of rotatable bonds is 6. The quantitative estimate of drug-likeness (QED) is 0.491. The molecule has 0 radical (unpaired) electrons. The zero-order chi connectivity index (χ0) is 20.3. The molecule has 28 heavy (non-hydrogen) atoms. The molecule has 0 aliphatic carbocycles. The molecule has 144 valence electrons. The van der Waals surface area contributed by atoms with Crippen molar-refractivity contribution in [2.45, 2.75) is 13.8 Å². The minimum atomic E-state index is -0.625. The largest absolute Gasteiger partial charge is 0.487 e. The van der Waals surface area contributed by atoms with Gasteiger partial charge in [0.15, 0.2) is 11.3 Å². The summed E-state index contributed by atoms with van der Waals surface area (Å²) in [6.07, 6.45) is 0. The van der Waals surface area contributed by atoms with E-state index in [1.165, 1.54) is 19.1 Å². The molecule has 3 aromatic rings. The summed E-state index contributed by atoms with van der Waals surface area (Å²) in [6.45, 7) is 3.34. The molecule has 1 aromatic heterocycles. The fraction of sp³-hybridized carbons (Fsp3) is 0.167. The van der Waals surface area contributed by atoms with Crippen LogP contribution in [0.1, 0.15) is 24.2 Å². The van der Waals surface area contributed by atoms with Crippen molar-refractivity contribution in [1.29, 1.82) is 0 Å². The van der Waals surface area contributed by atoms with Crippen molar-refractivity contribution in [3.8, 4) is 5.75 Å². The second kappa shape index (κ2) is 7.74. The molecule has 1 heterocycles. The fourth-order valence-electron chi connectivity index (χ4n) is 2.51. The minimum absolute atomic E-state index is 0.0522. The SMILES string of the molecule is CCOc1ccc(C(=O)Nc2nc3ccc(NC(C)=O)cc3o2)cc1[N+](=O)[O-]. The summed E-state index contributed by atoms with van der Waals surface area (Å²) in [5.74, 6) is -0.777. The summed E-state index contributed by atoms with van der Waals surface area (Å²) >= 11 is 0. The summed E-state index contributed by atoms with van der Waals surface area (Å²) in [4.78, 5) is 38.2. The van der Waals surface area contributed by atoms with Crippen LogP contribution in [0.5, 0.6) is 5.75 Å². The molecule has 10 nitrogen and oxygen atoms in total. The van der Waals surface area contributed by atoms with Gasteiger partial charge in [0.25, 0.3) is 5.91 Å². The van der Waals surface area contributed by atoms with Crippen LogP contribution in [0.25, 0.3) is 11.1 Å². The number of hydrogen-bond acceptors (Lipinski definition) is 7. The van der Waals surface area contributed by atoms with Crippen molar-refractivity contribution < 1.29 is 23.7 Å². The smallest absolute Gasteiger partial charge is 0.311 e. The third-order valence-electron chi connectivity index (χ3n) is 3.65. The highest BCUT2D eigenvalue weighted by molar-refractivity contribution is 6.04. The maximum absolute atomic E-state index is 12.4. The lowest BCUT2D eigenvalue weighted by Crippen LogP contribution is -2.12. The van der Waals surface area contributed by atoms with E-state index in [2.05, 4.69) is 15.6 Å². The number of carbonyl (C=O) groups is 2. The van der Waals surface area contributed by atoms with Crippen molar-refractivity contribution in [3.05, 3.63) is 52.1 Å². The first-order valence-corrected chi connectivity index (χ1v) is 8.28. The van der Waals surface area contributed by atoms with Gasteiger partial charge in [-0.15, -0.1) is 0 Å². The third kappa shape index (κ3) is 4.06. The molecule has 0 saturated carbocycles. The van der Waals surface area contributed by atoms with Crippen LogP contribution >= 0.6 is 0 Å². The molecular weight excluding hydrogens is 368 g/mol. The normalized spacial score (nSPS) is 10.5. The summed E-state index contributed by atoms with van der Waals surface area (Å²) in [5.41, 5.74) is 1.10. The van der Waals surface area contributed by atoms with Crippen molar-refractivity contribution in [1.82, 2.24) is 4.98 Å². The van der Waals surface area contributed by atoms with E-state index in [1.807, 2.05) is 0 Å². The number of amides is 2. The fourth-order valence-corrected chi connectivity index (χ4v) is 2.51. The molecule has 0 fully saturated rings. The van der Waals surface area contributed by atoms with E-state index < -0.39 is 10.8 Å². The first-order chi connectivity index (χ1) is 13.4. The molecule has 0 saturated heterocycles. The summed E-state index contributed by atoms with van der Waals surface area (Å²) in [5, 5.41) is 16.3. The van der Waals surface area contributed by atoms with Crippen molar-refractivity contribution in [2.24, 2.45) is 0 Å². The number of nitro groups is 1. The van der Waals surface area contributed by atoms with Crippen molar-refractivity contribution in [3.63, 3.8) is 0 Å². The van der Waals surface area contributed by atoms with Gasteiger partial charge in [-0.1, -0.05) is 0 Å². The number of anilines is 2. The number of nitro benzene ring substituents is 1. The van der Waals surface area contributed by atoms with E-state index in [0.717, 1.165) is 6.07 Å². The number of aromatic nitrogens is 1. The Morgan fingerprint density at radius 1 is 1.21 bits per heavy atom. The molecular formula is C18H16N4O6. The van der Waals surface area contributed by atoms with Crippen LogP contribution in [-0.2, 0) is 4.79 Å². The lowest BCUT2D eigenvalue weighted by molar-refractivity contribution is -0.385. The monoisotopic (exact) mass is 384 g/mol. The highest BCUT2D eigenvalue weighted by Crippen LogP contribution is 2.29. The Balaban J connectivity index is 1.83. The molecule has 0 atom stereocenters. The molecule has 2 amide bonds. The number of hydrogen-bond donors (Lipinski definition) is 2. The van der Waals surface area contributed by atoms with E-state index in [1.54, 1.807) is 25.1 Å². The lowest BCUT2D eigenvalue weighted by atomic mass is 10.1. The van der Waals surface area contributed by atoms with Crippen molar-refractivity contribution >= 4 is 40.3 Å². The van der Waals surface area contributed by atoms with Gasteiger partial charge in [-0.3, -0.25) is 25.0 Å². The van der Waals surface area contributed by atoms with E-state index in [9.17, 15) is 19.7 Å². The zero-order valence-electron chi connectivity index (χ0n) is 15.0. The number of nitrogens with zero attached hydrogens (tertiary/aromatic N) is 2. The molecule has 0 spiro atoms. The summed E-state index contributed by atoms with van der Waals surface area (Å²) in [6, 6.07) is 8.66. The number of ether oxygens (including phenoxy) is 1. The molecule has 2 N–H and O–H groups in total. The lowest BCUT2D eigenvalue weighted by Gasteiger charge is -2.06. The van der Waals surface area contributed by atoms with Crippen LogP contribution in [0.15, 0.2) is 40.8 Å². The van der Waals surface area contributed by atoms with Crippen LogP contribution < -0.4 is 15.4 Å². The maximum atomic E-state index is 12.4. The zero-order valence-corrected chi connectivity index (χ0v) is 15.0. The predicted octanol–water partition coefficient (Wildman–Crippen LogP) is 3.35. The van der Waals surface area contributed by atoms with Gasteiger partial charge >= 0.3 is 11.7 Å². The van der Waals surface area contributed by atoms with Gasteiger partial charge in [-0.2, -0.15) is 4.98 Å². The molecule has 0 aliphatic rings. The molecule has 3 rings (SSSR count). The average Bonchev–Trinajstić information content (AvgIpc) is 3.03. The predicted molar refractivity (Wildman–Crippen MR) is 101 cm³/mol. The van der Waals surface area contributed by atoms with Gasteiger partial charge in [0.2, 0.25) is 5.91 Å². The number of carbonyl (C=O) groups excluding carboxylic acids is 2. The first-order valence-electron chi connectivity index (χ1n) is 8.28. The Morgan fingerprint density at radius 2 is 2.00 bits per heavy atom. The standard InChI is InChI=1S/C18H16N4O6/c1-3-27-15-7-4-11(8-14(15)22(25)26)17(24)21-18-20-13-6-5-12(19-10(2)23)9-16(13)28-18/h4-9H,3H2,1-2H3,(H,19,23)(H,20,21,24). The Morgan fingerprint density at radius 3 is 2.68 bits per heavy atom. The molecule has 2 aromatic carbocycles. The minimum Gasteiger partial charge on any atom is -0.487 e. The van der Waals surface area contributed by atoms with Crippen LogP contribution in [0.4, 0.5) is 17.4 Å².